The smallest absolute Gasteiger partial charge is 0.251 e. The maximum atomic E-state index is 12.6. The van der Waals surface area contributed by atoms with E-state index >= 15 is 0 Å². The molecule has 0 aliphatic carbocycles. The van der Waals surface area contributed by atoms with Crippen molar-refractivity contribution < 1.29 is 14.4 Å². The predicted molar refractivity (Wildman–Crippen MR) is 110 cm³/mol. The molecule has 1 N–H and O–H groups in total. The Bertz CT molecular complexity index is 867. The van der Waals surface area contributed by atoms with E-state index in [-0.39, 0.29) is 30.3 Å². The number of thiophene rings is 1. The number of rotatable bonds is 6. The molecule has 0 saturated carbocycles. The third-order valence-electron chi connectivity index (χ3n) is 4.95. The number of carbonyl (C=O) groups excluding carboxylic acids is 3. The van der Waals surface area contributed by atoms with Crippen molar-refractivity contribution in [2.45, 2.75) is 19.0 Å². The maximum absolute atomic E-state index is 12.6. The minimum Gasteiger partial charge on any atom is -0.352 e. The van der Waals surface area contributed by atoms with Crippen LogP contribution in [0, 0.1) is 0 Å². The molecule has 4 rings (SSSR count). The van der Waals surface area contributed by atoms with Crippen molar-refractivity contribution in [3.05, 3.63) is 57.8 Å². The molecule has 146 valence electrons. The third kappa shape index (κ3) is 4.07. The normalized spacial score (nSPS) is 19.1. The molecule has 2 saturated heterocycles. The molecule has 28 heavy (non-hydrogen) atoms. The van der Waals surface area contributed by atoms with E-state index in [4.69, 9.17) is 0 Å². The first-order valence-electron chi connectivity index (χ1n) is 9.17. The molecule has 2 fully saturated rings. The van der Waals surface area contributed by atoms with Gasteiger partial charge in [-0.15, -0.1) is 23.1 Å². The SMILES string of the molecule is O=C(NCCc1cccs1)c1ccc(CN2CC(=O)N3CSC[C@@H]3C2=O)cc1. The van der Waals surface area contributed by atoms with Gasteiger partial charge in [0.1, 0.15) is 12.6 Å². The summed E-state index contributed by atoms with van der Waals surface area (Å²) in [6.07, 6.45) is 0.822. The lowest BCUT2D eigenvalue weighted by molar-refractivity contribution is -0.153. The quantitative estimate of drug-likeness (QED) is 0.783. The third-order valence-corrected chi connectivity index (χ3v) is 6.90. The van der Waals surface area contributed by atoms with Crippen LogP contribution in [0.25, 0.3) is 0 Å². The van der Waals surface area contributed by atoms with Crippen LogP contribution in [0.2, 0.25) is 0 Å². The Morgan fingerprint density at radius 3 is 2.75 bits per heavy atom. The highest BCUT2D eigenvalue weighted by Crippen LogP contribution is 2.26. The van der Waals surface area contributed by atoms with Crippen molar-refractivity contribution in [3.63, 3.8) is 0 Å². The Hall–Kier alpha value is -2.32. The van der Waals surface area contributed by atoms with Crippen molar-refractivity contribution in [3.8, 4) is 0 Å². The number of nitrogens with one attached hydrogen (secondary N) is 1. The molecule has 1 atom stereocenters. The molecule has 8 heteroatoms. The van der Waals surface area contributed by atoms with E-state index in [0.29, 0.717) is 30.3 Å². The maximum Gasteiger partial charge on any atom is 0.251 e. The lowest BCUT2D eigenvalue weighted by Gasteiger charge is -2.35. The van der Waals surface area contributed by atoms with Crippen LogP contribution in [0.3, 0.4) is 0 Å². The zero-order valence-electron chi connectivity index (χ0n) is 15.3. The zero-order chi connectivity index (χ0) is 19.5. The van der Waals surface area contributed by atoms with Gasteiger partial charge in [-0.1, -0.05) is 18.2 Å². The standard InChI is InChI=1S/C20H21N3O3S2/c24-18-11-22(20(26)17-12-27-13-23(17)18)10-14-3-5-15(6-4-14)19(25)21-8-7-16-2-1-9-28-16/h1-6,9,17H,7-8,10-13H2,(H,21,25)/t17-/m1/s1. The summed E-state index contributed by atoms with van der Waals surface area (Å²) >= 11 is 3.30. The fourth-order valence-corrected chi connectivity index (χ4v) is 5.29. The molecule has 0 unspecified atom stereocenters. The highest BCUT2D eigenvalue weighted by molar-refractivity contribution is 7.99. The summed E-state index contributed by atoms with van der Waals surface area (Å²) in [5, 5.41) is 4.95. The van der Waals surface area contributed by atoms with Crippen molar-refractivity contribution in [1.29, 1.82) is 0 Å². The van der Waals surface area contributed by atoms with Crippen molar-refractivity contribution in [2.75, 3.05) is 24.7 Å². The Labute approximate surface area is 171 Å². The van der Waals surface area contributed by atoms with Gasteiger partial charge in [0.25, 0.3) is 5.91 Å². The summed E-state index contributed by atoms with van der Waals surface area (Å²) < 4.78 is 0. The largest absolute Gasteiger partial charge is 0.352 e. The fraction of sp³-hybridized carbons (Fsp3) is 0.350. The molecule has 2 aliphatic rings. The van der Waals surface area contributed by atoms with Crippen LogP contribution in [0.4, 0.5) is 0 Å². The van der Waals surface area contributed by atoms with Gasteiger partial charge in [-0.2, -0.15) is 0 Å². The van der Waals surface area contributed by atoms with Gasteiger partial charge in [0.15, 0.2) is 0 Å². The van der Waals surface area contributed by atoms with Crippen LogP contribution in [0.5, 0.6) is 0 Å². The van der Waals surface area contributed by atoms with Crippen LogP contribution in [0.15, 0.2) is 41.8 Å². The first-order chi connectivity index (χ1) is 13.6. The Balaban J connectivity index is 1.32. The lowest BCUT2D eigenvalue weighted by Crippen LogP contribution is -2.57. The fourth-order valence-electron chi connectivity index (χ4n) is 3.41. The molecular formula is C20H21N3O3S2. The number of benzene rings is 1. The predicted octanol–water partition coefficient (Wildman–Crippen LogP) is 1.96. The monoisotopic (exact) mass is 415 g/mol. The number of thioether (sulfide) groups is 1. The second-order valence-electron chi connectivity index (χ2n) is 6.86. The summed E-state index contributed by atoms with van der Waals surface area (Å²) in [5.41, 5.74) is 1.50. The summed E-state index contributed by atoms with van der Waals surface area (Å²) in [5.74, 6) is 1.20. The second kappa shape index (κ2) is 8.36. The molecule has 6 nitrogen and oxygen atoms in total. The van der Waals surface area contributed by atoms with Gasteiger partial charge in [0.2, 0.25) is 11.8 Å². The topological polar surface area (TPSA) is 69.7 Å². The van der Waals surface area contributed by atoms with Gasteiger partial charge in [0, 0.05) is 29.3 Å². The van der Waals surface area contributed by atoms with Crippen LogP contribution >= 0.6 is 23.1 Å². The van der Waals surface area contributed by atoms with Crippen molar-refractivity contribution >= 4 is 40.8 Å². The minimum absolute atomic E-state index is 0.0105. The Morgan fingerprint density at radius 2 is 2.00 bits per heavy atom. The van der Waals surface area contributed by atoms with E-state index in [2.05, 4.69) is 11.4 Å². The molecule has 2 aliphatic heterocycles. The number of hydrogen-bond acceptors (Lipinski definition) is 5. The van der Waals surface area contributed by atoms with Gasteiger partial charge in [-0.25, -0.2) is 0 Å². The molecule has 0 spiro atoms. The number of fused-ring (bicyclic) bond motifs is 1. The summed E-state index contributed by atoms with van der Waals surface area (Å²) in [7, 11) is 0. The molecule has 1 aromatic heterocycles. The van der Waals surface area contributed by atoms with Gasteiger partial charge in [-0.3, -0.25) is 14.4 Å². The first kappa shape index (κ1) is 19.0. The average Bonchev–Trinajstić information content (AvgIpc) is 3.38. The average molecular weight is 416 g/mol. The molecule has 3 amide bonds. The highest BCUT2D eigenvalue weighted by Gasteiger charge is 2.42. The number of amides is 3. The number of nitrogens with zero attached hydrogens (tertiary/aromatic N) is 2. The van der Waals surface area contributed by atoms with Crippen LogP contribution in [-0.2, 0) is 22.6 Å². The number of hydrogen-bond donors (Lipinski definition) is 1. The second-order valence-corrected chi connectivity index (χ2v) is 8.89. The first-order valence-corrected chi connectivity index (χ1v) is 11.2. The van der Waals surface area contributed by atoms with E-state index in [1.165, 1.54) is 4.88 Å². The van der Waals surface area contributed by atoms with Crippen LogP contribution in [-0.4, -0.2) is 58.3 Å². The lowest BCUT2D eigenvalue weighted by atomic mass is 10.1. The van der Waals surface area contributed by atoms with E-state index in [1.54, 1.807) is 45.0 Å². The molecular weight excluding hydrogens is 394 g/mol. The number of piperazine rings is 1. The molecule has 3 heterocycles. The highest BCUT2D eigenvalue weighted by atomic mass is 32.2. The minimum atomic E-state index is -0.320. The van der Waals surface area contributed by atoms with E-state index < -0.39 is 0 Å². The van der Waals surface area contributed by atoms with Crippen molar-refractivity contribution in [1.82, 2.24) is 15.1 Å². The summed E-state index contributed by atoms with van der Waals surface area (Å²) in [4.78, 5) is 41.6. The van der Waals surface area contributed by atoms with Gasteiger partial charge in [-0.05, 0) is 35.6 Å². The van der Waals surface area contributed by atoms with E-state index in [0.717, 1.165) is 12.0 Å². The van der Waals surface area contributed by atoms with Crippen LogP contribution < -0.4 is 5.32 Å². The molecule has 2 aromatic rings. The molecule has 0 bridgehead atoms. The zero-order valence-corrected chi connectivity index (χ0v) is 16.9. The van der Waals surface area contributed by atoms with E-state index in [9.17, 15) is 14.4 Å². The van der Waals surface area contributed by atoms with Crippen LogP contribution in [0.1, 0.15) is 20.8 Å². The van der Waals surface area contributed by atoms with E-state index in [1.807, 2.05) is 23.6 Å². The van der Waals surface area contributed by atoms with Crippen molar-refractivity contribution in [2.24, 2.45) is 0 Å². The molecule has 0 radical (unpaired) electrons. The summed E-state index contributed by atoms with van der Waals surface area (Å²) in [6, 6.07) is 11.0. The molecule has 1 aromatic carbocycles. The number of carbonyl (C=O) groups is 3. The van der Waals surface area contributed by atoms with Gasteiger partial charge < -0.3 is 15.1 Å². The Kier molecular flexibility index (Phi) is 5.68. The summed E-state index contributed by atoms with van der Waals surface area (Å²) in [6.45, 7) is 1.11. The van der Waals surface area contributed by atoms with Gasteiger partial charge in [0.05, 0.1) is 5.88 Å². The Morgan fingerprint density at radius 1 is 1.18 bits per heavy atom. The van der Waals surface area contributed by atoms with Gasteiger partial charge >= 0.3 is 0 Å².